The molecule has 1 aromatic carbocycles. The van der Waals surface area contributed by atoms with Crippen molar-refractivity contribution >= 4 is 26.6 Å². The molecule has 0 amide bonds. The van der Waals surface area contributed by atoms with E-state index in [9.17, 15) is 13.2 Å². The maximum absolute atomic E-state index is 13.2. The van der Waals surface area contributed by atoms with Crippen LogP contribution < -0.4 is 15.2 Å². The van der Waals surface area contributed by atoms with Crippen molar-refractivity contribution in [3.8, 4) is 17.1 Å². The highest BCUT2D eigenvalue weighted by atomic mass is 32.2. The molecule has 1 saturated heterocycles. The predicted molar refractivity (Wildman–Crippen MR) is 128 cm³/mol. The summed E-state index contributed by atoms with van der Waals surface area (Å²) in [6.07, 6.45) is 5.68. The predicted octanol–water partition coefficient (Wildman–Crippen LogP) is 2.61. The van der Waals surface area contributed by atoms with Gasteiger partial charge in [-0.25, -0.2) is 18.1 Å². The summed E-state index contributed by atoms with van der Waals surface area (Å²) in [7, 11) is 0.446. The number of nitrogens with zero attached hydrogens (tertiary/aromatic N) is 4. The highest BCUT2D eigenvalue weighted by Crippen LogP contribution is 2.36. The lowest BCUT2D eigenvalue weighted by Gasteiger charge is -2.29. The minimum atomic E-state index is -2.96. The molecule has 1 aliphatic heterocycles. The molecule has 33 heavy (non-hydrogen) atoms. The number of sulfone groups is 1. The maximum atomic E-state index is 13.2. The first-order valence-corrected chi connectivity index (χ1v) is 13.3. The Morgan fingerprint density at radius 3 is 2.55 bits per heavy atom. The summed E-state index contributed by atoms with van der Waals surface area (Å²) in [5, 5.41) is 5.27. The molecule has 176 valence electrons. The smallest absolute Gasteiger partial charge is 0.262 e. The van der Waals surface area contributed by atoms with Crippen molar-refractivity contribution < 1.29 is 13.2 Å². The molecule has 0 bridgehead atoms. The topological polar surface area (TPSA) is 110 Å². The summed E-state index contributed by atoms with van der Waals surface area (Å²) in [5.74, 6) is 1.59. The highest BCUT2D eigenvalue weighted by molar-refractivity contribution is 7.91. The Morgan fingerprint density at radius 2 is 1.85 bits per heavy atom. The summed E-state index contributed by atoms with van der Waals surface area (Å²) in [4.78, 5) is 22.9. The van der Waals surface area contributed by atoms with Gasteiger partial charge in [-0.15, -0.1) is 0 Å². The lowest BCUT2D eigenvalue weighted by Crippen LogP contribution is -2.40. The number of aryl methyl sites for hydroxylation is 1. The van der Waals surface area contributed by atoms with E-state index in [0.717, 1.165) is 24.2 Å². The molecule has 2 aromatic heterocycles. The number of H-pyrrole nitrogens is 1. The summed E-state index contributed by atoms with van der Waals surface area (Å²) in [6.45, 7) is 0.898. The zero-order valence-electron chi connectivity index (χ0n) is 19.0. The number of ether oxygens (including phenoxy) is 1. The number of methoxy groups -OCH3 is 1. The first kappa shape index (κ1) is 21.9. The first-order chi connectivity index (χ1) is 15.9. The molecule has 2 aliphatic rings. The van der Waals surface area contributed by atoms with E-state index in [-0.39, 0.29) is 17.1 Å². The van der Waals surface area contributed by atoms with Crippen LogP contribution in [0.1, 0.15) is 43.7 Å². The van der Waals surface area contributed by atoms with Gasteiger partial charge in [0.25, 0.3) is 5.56 Å². The molecule has 2 fully saturated rings. The molecule has 0 spiro atoms. The van der Waals surface area contributed by atoms with Crippen LogP contribution in [0.25, 0.3) is 22.4 Å². The van der Waals surface area contributed by atoms with Crippen LogP contribution in [-0.4, -0.2) is 59.9 Å². The number of fused-ring (bicyclic) bond motifs is 1. The van der Waals surface area contributed by atoms with Crippen LogP contribution in [0.15, 0.2) is 23.0 Å². The monoisotopic (exact) mass is 471 g/mol. The van der Waals surface area contributed by atoms with E-state index in [1.807, 2.05) is 30.1 Å². The van der Waals surface area contributed by atoms with Crippen LogP contribution in [0.3, 0.4) is 0 Å². The van der Waals surface area contributed by atoms with Gasteiger partial charge in [-0.3, -0.25) is 4.79 Å². The van der Waals surface area contributed by atoms with Crippen molar-refractivity contribution in [1.29, 1.82) is 0 Å². The number of rotatable bonds is 4. The zero-order chi connectivity index (χ0) is 23.2. The van der Waals surface area contributed by atoms with Crippen LogP contribution in [0.4, 0.5) is 5.69 Å². The fourth-order valence-corrected chi connectivity index (χ4v) is 6.22. The van der Waals surface area contributed by atoms with Gasteiger partial charge >= 0.3 is 0 Å². The third kappa shape index (κ3) is 4.12. The molecule has 1 aliphatic carbocycles. The average Bonchev–Trinajstić information content (AvgIpc) is 3.16. The van der Waals surface area contributed by atoms with Gasteiger partial charge in [0.05, 0.1) is 29.9 Å². The van der Waals surface area contributed by atoms with E-state index in [1.165, 1.54) is 19.3 Å². The molecular weight excluding hydrogens is 442 g/mol. The van der Waals surface area contributed by atoms with E-state index < -0.39 is 9.84 Å². The average molecular weight is 472 g/mol. The molecule has 0 atom stereocenters. The molecule has 0 unspecified atom stereocenters. The lowest BCUT2D eigenvalue weighted by atomic mass is 9.86. The van der Waals surface area contributed by atoms with E-state index in [1.54, 1.807) is 11.8 Å². The van der Waals surface area contributed by atoms with Crippen LogP contribution in [-0.2, 0) is 16.9 Å². The number of aromatic amines is 1. The Labute approximate surface area is 192 Å². The maximum Gasteiger partial charge on any atom is 0.262 e. The van der Waals surface area contributed by atoms with Crippen molar-refractivity contribution in [2.75, 3.05) is 36.6 Å². The van der Waals surface area contributed by atoms with Crippen LogP contribution in [0.5, 0.6) is 5.75 Å². The van der Waals surface area contributed by atoms with Gasteiger partial charge in [0.1, 0.15) is 17.0 Å². The third-order valence-electron chi connectivity index (χ3n) is 6.86. The Bertz CT molecular complexity index is 1340. The zero-order valence-corrected chi connectivity index (χ0v) is 19.8. The minimum absolute atomic E-state index is 0.145. The summed E-state index contributed by atoms with van der Waals surface area (Å²) < 4.78 is 30.8. The van der Waals surface area contributed by atoms with Crippen LogP contribution in [0, 0.1) is 0 Å². The van der Waals surface area contributed by atoms with Crippen molar-refractivity contribution in [3.63, 3.8) is 0 Å². The van der Waals surface area contributed by atoms with Crippen LogP contribution >= 0.6 is 0 Å². The number of hydrogen-bond acceptors (Lipinski definition) is 7. The van der Waals surface area contributed by atoms with Gasteiger partial charge in [0, 0.05) is 37.8 Å². The second-order valence-electron chi connectivity index (χ2n) is 8.98. The summed E-state index contributed by atoms with van der Waals surface area (Å²) >= 11 is 0. The van der Waals surface area contributed by atoms with Crippen LogP contribution in [0.2, 0.25) is 0 Å². The van der Waals surface area contributed by atoms with Gasteiger partial charge in [0.2, 0.25) is 0 Å². The van der Waals surface area contributed by atoms with Crippen molar-refractivity contribution in [2.45, 2.75) is 38.0 Å². The Morgan fingerprint density at radius 1 is 1.12 bits per heavy atom. The molecule has 1 N–H and O–H groups in total. The number of hydrogen-bond donors (Lipinski definition) is 1. The first-order valence-electron chi connectivity index (χ1n) is 11.5. The Kier molecular flexibility index (Phi) is 5.64. The summed E-state index contributed by atoms with van der Waals surface area (Å²) in [6, 6.07) is 5.64. The highest BCUT2D eigenvalue weighted by Gasteiger charge is 2.26. The minimum Gasteiger partial charge on any atom is -0.496 e. The third-order valence-corrected chi connectivity index (χ3v) is 8.47. The number of nitrogens with one attached hydrogen (secondary N) is 1. The molecule has 3 aromatic rings. The van der Waals surface area contributed by atoms with Gasteiger partial charge in [0.15, 0.2) is 15.5 Å². The van der Waals surface area contributed by atoms with Crippen molar-refractivity contribution in [1.82, 2.24) is 19.7 Å². The number of anilines is 1. The molecular formula is C23H29N5O4S. The second kappa shape index (κ2) is 8.48. The van der Waals surface area contributed by atoms with Crippen molar-refractivity contribution in [3.05, 3.63) is 34.2 Å². The Balaban J connectivity index is 1.52. The molecule has 1 saturated carbocycles. The lowest BCUT2D eigenvalue weighted by molar-refractivity contribution is 0.416. The van der Waals surface area contributed by atoms with Gasteiger partial charge in [-0.2, -0.15) is 5.10 Å². The molecule has 0 radical (unpaired) electrons. The van der Waals surface area contributed by atoms with E-state index >= 15 is 0 Å². The van der Waals surface area contributed by atoms with E-state index in [2.05, 4.69) is 10.1 Å². The number of benzene rings is 1. The molecule has 3 heterocycles. The van der Waals surface area contributed by atoms with Gasteiger partial charge in [-0.1, -0.05) is 19.3 Å². The van der Waals surface area contributed by atoms with Crippen molar-refractivity contribution in [2.24, 2.45) is 7.05 Å². The van der Waals surface area contributed by atoms with Gasteiger partial charge in [-0.05, 0) is 25.0 Å². The molecule has 5 rings (SSSR count). The molecule has 10 heteroatoms. The van der Waals surface area contributed by atoms with E-state index in [4.69, 9.17) is 9.72 Å². The standard InChI is InChI=1S/C23H29N5O4S/c1-27-22-19(20(26-27)15-6-4-3-5-7-15)23(29)25-21(24-22)17-9-8-16(14-18(17)32-2)28-10-12-33(30,31)13-11-28/h8-9,14-15H,3-7,10-13H2,1-2H3,(H,24,25,29). The molecule has 9 nitrogen and oxygen atoms in total. The number of aromatic nitrogens is 4. The van der Waals surface area contributed by atoms with Gasteiger partial charge < -0.3 is 14.6 Å². The fraction of sp³-hybridized carbons (Fsp3) is 0.522. The normalized spacial score (nSPS) is 19.2. The summed E-state index contributed by atoms with van der Waals surface area (Å²) in [5.41, 5.74) is 2.80. The largest absolute Gasteiger partial charge is 0.496 e. The SMILES string of the molecule is COc1cc(N2CCS(=O)(=O)CC2)ccc1-c1nc2c(c(C3CCCCC3)nn2C)c(=O)[nH]1. The second-order valence-corrected chi connectivity index (χ2v) is 11.3. The quantitative estimate of drug-likeness (QED) is 0.623. The Hall–Kier alpha value is -2.88. The fourth-order valence-electron chi connectivity index (χ4n) is 5.02. The van der Waals surface area contributed by atoms with E-state index in [0.29, 0.717) is 47.2 Å².